The summed E-state index contributed by atoms with van der Waals surface area (Å²) in [5, 5.41) is 9.07. The molecule has 0 saturated carbocycles. The van der Waals surface area contributed by atoms with Crippen molar-refractivity contribution in [2.75, 3.05) is 0 Å². The molecule has 0 N–H and O–H groups in total. The van der Waals surface area contributed by atoms with Gasteiger partial charge in [-0.3, -0.25) is 4.98 Å². The van der Waals surface area contributed by atoms with Gasteiger partial charge in [-0.1, -0.05) is 49.0 Å². The Morgan fingerprint density at radius 2 is 1.83 bits per heavy atom. The van der Waals surface area contributed by atoms with Crippen LogP contribution in [-0.4, -0.2) is 4.98 Å². The van der Waals surface area contributed by atoms with E-state index in [9.17, 15) is 0 Å². The van der Waals surface area contributed by atoms with Gasteiger partial charge in [0.25, 0.3) is 0 Å². The summed E-state index contributed by atoms with van der Waals surface area (Å²) in [6, 6.07) is 19.4. The minimum atomic E-state index is 0.221. The molecule has 1 unspecified atom stereocenters. The number of hydrogen-bond donors (Lipinski definition) is 0. The first-order chi connectivity index (χ1) is 11.7. The Morgan fingerprint density at radius 3 is 2.71 bits per heavy atom. The largest absolute Gasteiger partial charge is 0.263 e. The van der Waals surface area contributed by atoms with E-state index in [-0.39, 0.29) is 5.92 Å². The van der Waals surface area contributed by atoms with E-state index in [4.69, 9.17) is 5.26 Å². The van der Waals surface area contributed by atoms with E-state index < -0.39 is 0 Å². The molecule has 4 rings (SSSR count). The van der Waals surface area contributed by atoms with Crippen molar-refractivity contribution in [3.63, 3.8) is 0 Å². The second-order valence-corrected chi connectivity index (χ2v) is 7.18. The van der Waals surface area contributed by atoms with Crippen LogP contribution < -0.4 is 0 Å². The smallest absolute Gasteiger partial charge is 0.101 e. The maximum atomic E-state index is 9.07. The molecule has 0 radical (unpaired) electrons. The van der Waals surface area contributed by atoms with Crippen molar-refractivity contribution in [1.82, 2.24) is 4.98 Å². The first-order valence-electron chi connectivity index (χ1n) is 7.98. The van der Waals surface area contributed by atoms with Crippen LogP contribution in [0.4, 0.5) is 0 Å². The van der Waals surface area contributed by atoms with E-state index in [1.54, 1.807) is 6.20 Å². The highest BCUT2D eigenvalue weighted by molar-refractivity contribution is 7.99. The van der Waals surface area contributed by atoms with Crippen LogP contribution in [0.2, 0.25) is 0 Å². The number of benzene rings is 2. The highest BCUT2D eigenvalue weighted by atomic mass is 32.2. The number of hydrogen-bond acceptors (Lipinski definition) is 3. The number of rotatable bonds is 2. The molecule has 1 aliphatic rings. The first kappa shape index (κ1) is 15.0. The first-order valence-corrected chi connectivity index (χ1v) is 8.80. The molecule has 2 nitrogen and oxygen atoms in total. The van der Waals surface area contributed by atoms with Crippen LogP contribution in [0.25, 0.3) is 0 Å². The zero-order chi connectivity index (χ0) is 16.5. The van der Waals surface area contributed by atoms with Crippen molar-refractivity contribution in [2.45, 2.75) is 29.1 Å². The summed E-state index contributed by atoms with van der Waals surface area (Å²) in [5.74, 6) is 0.221. The molecule has 0 spiro atoms. The second-order valence-electron chi connectivity index (χ2n) is 6.09. The van der Waals surface area contributed by atoms with Crippen molar-refractivity contribution in [3.05, 3.63) is 88.7 Å². The van der Waals surface area contributed by atoms with Gasteiger partial charge in [-0.25, -0.2) is 0 Å². The predicted octanol–water partition coefficient (Wildman–Crippen LogP) is 5.16. The van der Waals surface area contributed by atoms with Gasteiger partial charge in [0.1, 0.15) is 6.07 Å². The van der Waals surface area contributed by atoms with Crippen LogP contribution >= 0.6 is 11.8 Å². The normalized spacial score (nSPS) is 13.5. The van der Waals surface area contributed by atoms with Gasteiger partial charge in [0.2, 0.25) is 0 Å². The van der Waals surface area contributed by atoms with E-state index in [1.807, 2.05) is 24.0 Å². The Balaban J connectivity index is 1.68. The van der Waals surface area contributed by atoms with E-state index in [2.05, 4.69) is 60.4 Å². The molecule has 24 heavy (non-hydrogen) atoms. The Hall–Kier alpha value is -2.57. The number of pyridine rings is 1. The van der Waals surface area contributed by atoms with Crippen molar-refractivity contribution in [2.24, 2.45) is 0 Å². The molecule has 0 amide bonds. The van der Waals surface area contributed by atoms with Gasteiger partial charge in [-0.2, -0.15) is 5.26 Å². The topological polar surface area (TPSA) is 36.7 Å². The summed E-state index contributed by atoms with van der Waals surface area (Å²) in [7, 11) is 0. The molecule has 1 aromatic heterocycles. The highest BCUT2D eigenvalue weighted by Crippen LogP contribution is 2.40. The van der Waals surface area contributed by atoms with Crippen LogP contribution in [0.5, 0.6) is 0 Å². The molecule has 0 saturated heterocycles. The molecule has 2 heterocycles. The molecular weight excluding hydrogens is 312 g/mol. The maximum absolute atomic E-state index is 9.07. The van der Waals surface area contributed by atoms with Gasteiger partial charge in [0.05, 0.1) is 5.56 Å². The fourth-order valence-electron chi connectivity index (χ4n) is 3.13. The third kappa shape index (κ3) is 2.70. The third-order valence-electron chi connectivity index (χ3n) is 4.55. The van der Waals surface area contributed by atoms with Gasteiger partial charge >= 0.3 is 0 Å². The summed E-state index contributed by atoms with van der Waals surface area (Å²) >= 11 is 1.85. The monoisotopic (exact) mass is 328 g/mol. The van der Waals surface area contributed by atoms with Crippen LogP contribution in [0.15, 0.2) is 70.7 Å². The third-order valence-corrected chi connectivity index (χ3v) is 5.78. The molecule has 116 valence electrons. The molecule has 1 aliphatic heterocycles. The summed E-state index contributed by atoms with van der Waals surface area (Å²) in [5.41, 5.74) is 5.74. The van der Waals surface area contributed by atoms with E-state index in [0.717, 1.165) is 12.0 Å². The van der Waals surface area contributed by atoms with E-state index in [1.165, 1.54) is 26.5 Å². The van der Waals surface area contributed by atoms with Gasteiger partial charge in [-0.15, -0.1) is 0 Å². The summed E-state index contributed by atoms with van der Waals surface area (Å²) in [6.07, 6.45) is 4.45. The van der Waals surface area contributed by atoms with E-state index >= 15 is 0 Å². The van der Waals surface area contributed by atoms with Gasteiger partial charge < -0.3 is 0 Å². The average Bonchev–Trinajstić information content (AvgIpc) is 2.65. The van der Waals surface area contributed by atoms with E-state index in [0.29, 0.717) is 5.56 Å². The van der Waals surface area contributed by atoms with Crippen molar-refractivity contribution in [1.29, 1.82) is 5.26 Å². The lowest BCUT2D eigenvalue weighted by Crippen LogP contribution is -2.03. The lowest BCUT2D eigenvalue weighted by Gasteiger charge is -2.21. The van der Waals surface area contributed by atoms with Crippen molar-refractivity contribution >= 4 is 11.8 Å². The summed E-state index contributed by atoms with van der Waals surface area (Å²) < 4.78 is 0. The standard InChI is InChI=1S/C21H16N2S/c1-14(19-8-15(11-22)12-23-13-19)16-6-7-21-18(9-16)10-17-4-2-3-5-20(17)24-21/h2-9,12-14H,10H2,1H3. The molecule has 0 aliphatic carbocycles. The molecule has 0 bridgehead atoms. The minimum absolute atomic E-state index is 0.221. The van der Waals surface area contributed by atoms with Gasteiger partial charge in [-0.05, 0) is 46.9 Å². The Labute approximate surface area is 146 Å². The Kier molecular flexibility index (Phi) is 3.84. The van der Waals surface area contributed by atoms with Crippen LogP contribution in [0.1, 0.15) is 40.7 Å². The fourth-order valence-corrected chi connectivity index (χ4v) is 4.18. The molecule has 1 atom stereocenters. The van der Waals surface area contributed by atoms with Gasteiger partial charge in [0, 0.05) is 28.1 Å². The number of aromatic nitrogens is 1. The lowest BCUT2D eigenvalue weighted by atomic mass is 9.91. The Morgan fingerprint density at radius 1 is 1.00 bits per heavy atom. The number of fused-ring (bicyclic) bond motifs is 2. The molecule has 3 heteroatoms. The summed E-state index contributed by atoms with van der Waals surface area (Å²) in [4.78, 5) is 6.89. The maximum Gasteiger partial charge on any atom is 0.101 e. The fraction of sp³-hybridized carbons (Fsp3) is 0.143. The zero-order valence-electron chi connectivity index (χ0n) is 13.4. The molecule has 3 aromatic rings. The minimum Gasteiger partial charge on any atom is -0.263 e. The van der Waals surface area contributed by atoms with Crippen LogP contribution in [0, 0.1) is 11.3 Å². The second kappa shape index (κ2) is 6.14. The SMILES string of the molecule is CC(c1cncc(C#N)c1)c1ccc2c(c1)Cc1ccccc1S2. The highest BCUT2D eigenvalue weighted by Gasteiger charge is 2.18. The zero-order valence-corrected chi connectivity index (χ0v) is 14.2. The van der Waals surface area contributed by atoms with Crippen molar-refractivity contribution < 1.29 is 0 Å². The quantitative estimate of drug-likeness (QED) is 0.510. The van der Waals surface area contributed by atoms with Gasteiger partial charge in [0.15, 0.2) is 0 Å². The van der Waals surface area contributed by atoms with Crippen molar-refractivity contribution in [3.8, 4) is 6.07 Å². The predicted molar refractivity (Wildman–Crippen MR) is 96.3 cm³/mol. The number of nitrogens with zero attached hydrogens (tertiary/aromatic N) is 2. The van der Waals surface area contributed by atoms with Crippen LogP contribution in [-0.2, 0) is 6.42 Å². The number of nitriles is 1. The average molecular weight is 328 g/mol. The molecule has 2 aromatic carbocycles. The molecule has 0 fully saturated rings. The Bertz CT molecular complexity index is 956. The lowest BCUT2D eigenvalue weighted by molar-refractivity contribution is 0.898. The van der Waals surface area contributed by atoms with Crippen LogP contribution in [0.3, 0.4) is 0 Å². The summed E-state index contributed by atoms with van der Waals surface area (Å²) in [6.45, 7) is 2.17. The molecular formula is C21H16N2S.